The lowest BCUT2D eigenvalue weighted by Gasteiger charge is -2.33. The van der Waals surface area contributed by atoms with Crippen LogP contribution in [0.4, 0.5) is 11.5 Å². The standard InChI is InChI=1S/C17H19N5O3/c1-25-14-4-2-3-13(9-14)20-17(24)15-10-16(19-11-18-15)22-7-5-21(12-23)6-8-22/h2-4,9-12H,5-8H2,1H3,(H,20,24). The van der Waals surface area contributed by atoms with E-state index in [1.54, 1.807) is 42.3 Å². The molecule has 1 N–H and O–H groups in total. The van der Waals surface area contributed by atoms with Crippen molar-refractivity contribution in [2.45, 2.75) is 0 Å². The van der Waals surface area contributed by atoms with E-state index in [9.17, 15) is 9.59 Å². The number of carbonyl (C=O) groups excluding carboxylic acids is 2. The maximum Gasteiger partial charge on any atom is 0.274 e. The number of nitrogens with zero attached hydrogens (tertiary/aromatic N) is 4. The van der Waals surface area contributed by atoms with Crippen LogP contribution in [0.15, 0.2) is 36.7 Å². The summed E-state index contributed by atoms with van der Waals surface area (Å²) >= 11 is 0. The van der Waals surface area contributed by atoms with E-state index in [4.69, 9.17) is 4.74 Å². The first kappa shape index (κ1) is 16.7. The Morgan fingerprint density at radius 1 is 1.20 bits per heavy atom. The van der Waals surface area contributed by atoms with Gasteiger partial charge in [-0.25, -0.2) is 9.97 Å². The van der Waals surface area contributed by atoms with Crippen molar-refractivity contribution in [3.05, 3.63) is 42.4 Å². The molecule has 0 saturated carbocycles. The van der Waals surface area contributed by atoms with Gasteiger partial charge in [-0.05, 0) is 12.1 Å². The fourth-order valence-electron chi connectivity index (χ4n) is 2.60. The van der Waals surface area contributed by atoms with E-state index in [2.05, 4.69) is 15.3 Å². The maximum atomic E-state index is 12.4. The van der Waals surface area contributed by atoms with E-state index in [1.807, 2.05) is 4.90 Å². The van der Waals surface area contributed by atoms with Crippen molar-refractivity contribution in [1.29, 1.82) is 0 Å². The van der Waals surface area contributed by atoms with Crippen molar-refractivity contribution < 1.29 is 14.3 Å². The molecule has 1 aliphatic heterocycles. The number of anilines is 2. The first-order valence-corrected chi connectivity index (χ1v) is 7.91. The van der Waals surface area contributed by atoms with Gasteiger partial charge in [-0.1, -0.05) is 6.07 Å². The predicted molar refractivity (Wildman–Crippen MR) is 92.8 cm³/mol. The van der Waals surface area contributed by atoms with Crippen LogP contribution in [-0.4, -0.2) is 60.5 Å². The summed E-state index contributed by atoms with van der Waals surface area (Å²) in [7, 11) is 1.57. The Morgan fingerprint density at radius 2 is 2.00 bits per heavy atom. The summed E-state index contributed by atoms with van der Waals surface area (Å²) in [4.78, 5) is 35.3. The zero-order valence-corrected chi connectivity index (χ0v) is 13.9. The summed E-state index contributed by atoms with van der Waals surface area (Å²) in [6.45, 7) is 2.62. The number of piperazine rings is 1. The normalized spacial score (nSPS) is 14.1. The molecule has 1 fully saturated rings. The minimum absolute atomic E-state index is 0.283. The van der Waals surface area contributed by atoms with Gasteiger partial charge in [0.15, 0.2) is 0 Å². The van der Waals surface area contributed by atoms with Crippen LogP contribution in [0.2, 0.25) is 0 Å². The van der Waals surface area contributed by atoms with Crippen molar-refractivity contribution in [2.24, 2.45) is 0 Å². The molecule has 8 nitrogen and oxygen atoms in total. The topological polar surface area (TPSA) is 87.7 Å². The van der Waals surface area contributed by atoms with Crippen LogP contribution < -0.4 is 15.0 Å². The van der Waals surface area contributed by atoms with Crippen LogP contribution in [0.1, 0.15) is 10.5 Å². The second-order valence-corrected chi connectivity index (χ2v) is 5.58. The van der Waals surface area contributed by atoms with E-state index in [-0.39, 0.29) is 11.6 Å². The highest BCUT2D eigenvalue weighted by molar-refractivity contribution is 6.03. The van der Waals surface area contributed by atoms with Crippen molar-refractivity contribution in [3.63, 3.8) is 0 Å². The molecule has 3 rings (SSSR count). The number of hydrogen-bond donors (Lipinski definition) is 1. The third-order valence-corrected chi connectivity index (χ3v) is 4.00. The molecular weight excluding hydrogens is 322 g/mol. The van der Waals surface area contributed by atoms with Crippen LogP contribution >= 0.6 is 0 Å². The Hall–Kier alpha value is -3.16. The number of ether oxygens (including phenoxy) is 1. The molecule has 1 saturated heterocycles. The third-order valence-electron chi connectivity index (χ3n) is 4.00. The number of nitrogens with one attached hydrogen (secondary N) is 1. The smallest absolute Gasteiger partial charge is 0.274 e. The molecule has 2 aromatic rings. The minimum atomic E-state index is -0.316. The van der Waals surface area contributed by atoms with Crippen LogP contribution in [0, 0.1) is 0 Å². The molecule has 130 valence electrons. The van der Waals surface area contributed by atoms with E-state index in [0.29, 0.717) is 43.4 Å². The number of amides is 2. The van der Waals surface area contributed by atoms with Gasteiger partial charge in [-0.2, -0.15) is 0 Å². The number of methoxy groups -OCH3 is 1. The molecule has 0 aliphatic carbocycles. The molecule has 2 heterocycles. The van der Waals surface area contributed by atoms with E-state index in [1.165, 1.54) is 6.33 Å². The average Bonchev–Trinajstić information content (AvgIpc) is 2.68. The molecule has 2 amide bonds. The SMILES string of the molecule is COc1cccc(NC(=O)c2cc(N3CCN(C=O)CC3)ncn2)c1. The lowest BCUT2D eigenvalue weighted by molar-refractivity contribution is -0.118. The van der Waals surface area contributed by atoms with E-state index < -0.39 is 0 Å². The number of rotatable bonds is 5. The molecule has 0 unspecified atom stereocenters. The van der Waals surface area contributed by atoms with Crippen molar-refractivity contribution in [3.8, 4) is 5.75 Å². The van der Waals surface area contributed by atoms with Gasteiger partial charge in [-0.3, -0.25) is 9.59 Å². The van der Waals surface area contributed by atoms with Gasteiger partial charge in [0.1, 0.15) is 23.6 Å². The quantitative estimate of drug-likeness (QED) is 0.817. The molecular formula is C17H19N5O3. The molecule has 1 aromatic carbocycles. The van der Waals surface area contributed by atoms with Gasteiger partial charge in [-0.15, -0.1) is 0 Å². The predicted octanol–water partition coefficient (Wildman–Crippen LogP) is 1.02. The van der Waals surface area contributed by atoms with E-state index in [0.717, 1.165) is 6.41 Å². The average molecular weight is 341 g/mol. The van der Waals surface area contributed by atoms with Crippen molar-refractivity contribution in [1.82, 2.24) is 14.9 Å². The summed E-state index contributed by atoms with van der Waals surface area (Å²) in [6, 6.07) is 8.77. The molecule has 8 heteroatoms. The fraction of sp³-hybridized carbons (Fsp3) is 0.294. The second kappa shape index (κ2) is 7.61. The number of hydrogen-bond acceptors (Lipinski definition) is 6. The number of aromatic nitrogens is 2. The molecule has 1 aliphatic rings. The van der Waals surface area contributed by atoms with Gasteiger partial charge >= 0.3 is 0 Å². The van der Waals surface area contributed by atoms with Gasteiger partial charge in [0.25, 0.3) is 5.91 Å². The van der Waals surface area contributed by atoms with Crippen LogP contribution in [0.5, 0.6) is 5.75 Å². The molecule has 0 bridgehead atoms. The molecule has 1 aromatic heterocycles. The molecule has 0 atom stereocenters. The summed E-state index contributed by atoms with van der Waals surface area (Å²) in [5.74, 6) is 1.02. The molecule has 0 spiro atoms. The fourth-order valence-corrected chi connectivity index (χ4v) is 2.60. The Labute approximate surface area is 145 Å². The first-order valence-electron chi connectivity index (χ1n) is 7.91. The Kier molecular flexibility index (Phi) is 5.08. The largest absolute Gasteiger partial charge is 0.497 e. The van der Waals surface area contributed by atoms with Gasteiger partial charge in [0.2, 0.25) is 6.41 Å². The Bertz CT molecular complexity index is 759. The van der Waals surface area contributed by atoms with Crippen LogP contribution in [0.3, 0.4) is 0 Å². The van der Waals surface area contributed by atoms with Gasteiger partial charge in [0, 0.05) is 44.0 Å². The Morgan fingerprint density at radius 3 is 2.72 bits per heavy atom. The van der Waals surface area contributed by atoms with Crippen molar-refractivity contribution >= 4 is 23.8 Å². The summed E-state index contributed by atoms with van der Waals surface area (Å²) in [5.41, 5.74) is 0.912. The maximum absolute atomic E-state index is 12.4. The van der Waals surface area contributed by atoms with Gasteiger partial charge in [0.05, 0.1) is 7.11 Å². The zero-order valence-electron chi connectivity index (χ0n) is 13.9. The second-order valence-electron chi connectivity index (χ2n) is 5.58. The Balaban J connectivity index is 1.70. The highest BCUT2D eigenvalue weighted by Gasteiger charge is 2.18. The molecule has 0 radical (unpaired) electrons. The summed E-state index contributed by atoms with van der Waals surface area (Å²) in [5, 5.41) is 2.80. The highest BCUT2D eigenvalue weighted by atomic mass is 16.5. The number of benzene rings is 1. The zero-order chi connectivity index (χ0) is 17.6. The minimum Gasteiger partial charge on any atom is -0.497 e. The van der Waals surface area contributed by atoms with Crippen LogP contribution in [-0.2, 0) is 4.79 Å². The lowest BCUT2D eigenvalue weighted by atomic mass is 10.2. The van der Waals surface area contributed by atoms with Crippen molar-refractivity contribution in [2.75, 3.05) is 43.5 Å². The monoisotopic (exact) mass is 341 g/mol. The summed E-state index contributed by atoms with van der Waals surface area (Å²) < 4.78 is 5.15. The first-order chi connectivity index (χ1) is 12.2. The third kappa shape index (κ3) is 4.03. The highest BCUT2D eigenvalue weighted by Crippen LogP contribution is 2.18. The van der Waals surface area contributed by atoms with Crippen LogP contribution in [0.25, 0.3) is 0 Å². The van der Waals surface area contributed by atoms with Gasteiger partial charge < -0.3 is 19.9 Å². The lowest BCUT2D eigenvalue weighted by Crippen LogP contribution is -2.46. The van der Waals surface area contributed by atoms with E-state index >= 15 is 0 Å². The molecule has 25 heavy (non-hydrogen) atoms. The number of carbonyl (C=O) groups is 2. The summed E-state index contributed by atoms with van der Waals surface area (Å²) in [6.07, 6.45) is 2.23.